The van der Waals surface area contributed by atoms with Gasteiger partial charge in [-0.1, -0.05) is 0 Å². The summed E-state index contributed by atoms with van der Waals surface area (Å²) in [7, 11) is 0. The molecule has 0 spiro atoms. The summed E-state index contributed by atoms with van der Waals surface area (Å²) < 4.78 is 7.42. The van der Waals surface area contributed by atoms with Crippen molar-refractivity contribution in [1.29, 1.82) is 0 Å². The van der Waals surface area contributed by atoms with Crippen molar-refractivity contribution < 1.29 is 9.53 Å². The van der Waals surface area contributed by atoms with Crippen molar-refractivity contribution in [2.45, 2.75) is 25.8 Å². The number of aryl methyl sites for hydroxylation is 1. The normalized spacial score (nSPS) is 17.4. The van der Waals surface area contributed by atoms with Crippen LogP contribution in [0.3, 0.4) is 0 Å². The highest BCUT2D eigenvalue weighted by Gasteiger charge is 2.22. The Morgan fingerprint density at radius 2 is 2.28 bits per heavy atom. The van der Waals surface area contributed by atoms with Crippen molar-refractivity contribution in [2.75, 3.05) is 13.2 Å². The molecule has 0 bridgehead atoms. The Hall–Kier alpha value is -1.40. The van der Waals surface area contributed by atoms with Crippen LogP contribution < -0.4 is 5.73 Å². The summed E-state index contributed by atoms with van der Waals surface area (Å²) in [5.74, 6) is -0.367. The quantitative estimate of drug-likeness (QED) is 0.901. The van der Waals surface area contributed by atoms with Gasteiger partial charge in [0.05, 0.1) is 16.6 Å². The summed E-state index contributed by atoms with van der Waals surface area (Å²) in [6.45, 7) is 3.52. The fourth-order valence-corrected chi connectivity index (χ4v) is 3.46. The van der Waals surface area contributed by atoms with Gasteiger partial charge in [-0.3, -0.25) is 9.48 Å². The van der Waals surface area contributed by atoms with Crippen LogP contribution in [0.4, 0.5) is 0 Å². The van der Waals surface area contributed by atoms with Crippen LogP contribution in [0.1, 0.15) is 34.2 Å². The minimum Gasteiger partial charge on any atom is -0.381 e. The highest BCUT2D eigenvalue weighted by molar-refractivity contribution is 7.20. The van der Waals surface area contributed by atoms with Gasteiger partial charge in [0.1, 0.15) is 4.83 Å². The molecule has 3 rings (SSSR count). The highest BCUT2D eigenvalue weighted by atomic mass is 32.1. The van der Waals surface area contributed by atoms with Crippen LogP contribution in [0.15, 0.2) is 6.07 Å². The van der Waals surface area contributed by atoms with Crippen molar-refractivity contribution >= 4 is 27.5 Å². The second kappa shape index (κ2) is 4.37. The van der Waals surface area contributed by atoms with Crippen molar-refractivity contribution in [2.24, 2.45) is 5.73 Å². The zero-order chi connectivity index (χ0) is 12.7. The molecule has 2 N–H and O–H groups in total. The molecule has 0 radical (unpaired) electrons. The zero-order valence-electron chi connectivity index (χ0n) is 10.2. The van der Waals surface area contributed by atoms with E-state index in [1.165, 1.54) is 11.3 Å². The maximum atomic E-state index is 11.3. The summed E-state index contributed by atoms with van der Waals surface area (Å²) in [6.07, 6.45) is 1.94. The van der Waals surface area contributed by atoms with Gasteiger partial charge in [-0.15, -0.1) is 11.3 Å². The first-order valence-corrected chi connectivity index (χ1v) is 6.84. The maximum absolute atomic E-state index is 11.3. The number of nitrogens with zero attached hydrogens (tertiary/aromatic N) is 2. The van der Waals surface area contributed by atoms with Gasteiger partial charge >= 0.3 is 0 Å². The lowest BCUT2D eigenvalue weighted by Crippen LogP contribution is -2.20. The topological polar surface area (TPSA) is 70.1 Å². The Balaban J connectivity index is 2.08. The number of nitrogens with two attached hydrogens (primary N) is 1. The van der Waals surface area contributed by atoms with Crippen molar-refractivity contribution in [3.05, 3.63) is 16.6 Å². The second-order valence-electron chi connectivity index (χ2n) is 4.57. The molecule has 0 unspecified atom stereocenters. The summed E-state index contributed by atoms with van der Waals surface area (Å²) in [5, 5.41) is 5.64. The summed E-state index contributed by atoms with van der Waals surface area (Å²) >= 11 is 1.43. The molecular formula is C12H15N3O2S. The van der Waals surface area contributed by atoms with Gasteiger partial charge < -0.3 is 10.5 Å². The van der Waals surface area contributed by atoms with Crippen molar-refractivity contribution in [3.8, 4) is 0 Å². The molecule has 6 heteroatoms. The van der Waals surface area contributed by atoms with E-state index in [4.69, 9.17) is 10.5 Å². The Kier molecular flexibility index (Phi) is 2.83. The van der Waals surface area contributed by atoms with Crippen molar-refractivity contribution in [1.82, 2.24) is 9.78 Å². The van der Waals surface area contributed by atoms with E-state index in [1.54, 1.807) is 0 Å². The van der Waals surface area contributed by atoms with E-state index < -0.39 is 0 Å². The predicted octanol–water partition coefficient (Wildman–Crippen LogP) is 1.86. The first-order valence-electron chi connectivity index (χ1n) is 6.03. The number of primary amides is 1. The molecule has 1 saturated heterocycles. The van der Waals surface area contributed by atoms with Gasteiger partial charge in [0.15, 0.2) is 0 Å². The van der Waals surface area contributed by atoms with E-state index in [0.717, 1.165) is 42.0 Å². The monoisotopic (exact) mass is 265 g/mol. The van der Waals surface area contributed by atoms with Gasteiger partial charge in [-0.05, 0) is 25.8 Å². The Labute approximate surface area is 109 Å². The smallest absolute Gasteiger partial charge is 0.258 e. The van der Waals surface area contributed by atoms with Crippen LogP contribution >= 0.6 is 11.3 Å². The average molecular weight is 265 g/mol. The lowest BCUT2D eigenvalue weighted by Gasteiger charge is -2.22. The molecule has 96 valence electrons. The largest absolute Gasteiger partial charge is 0.381 e. The van der Waals surface area contributed by atoms with Gasteiger partial charge in [-0.25, -0.2) is 0 Å². The number of amides is 1. The Morgan fingerprint density at radius 3 is 2.94 bits per heavy atom. The van der Waals surface area contributed by atoms with Gasteiger partial charge in [0.25, 0.3) is 5.91 Å². The number of ether oxygens (including phenoxy) is 1. The molecule has 1 aliphatic heterocycles. The number of aromatic nitrogens is 2. The van der Waals surface area contributed by atoms with Gasteiger partial charge in [0.2, 0.25) is 0 Å². The predicted molar refractivity (Wildman–Crippen MR) is 70.0 cm³/mol. The molecule has 1 fully saturated rings. The first-order chi connectivity index (χ1) is 8.66. The van der Waals surface area contributed by atoms with Crippen LogP contribution in [0, 0.1) is 6.92 Å². The number of hydrogen-bond donors (Lipinski definition) is 1. The van der Waals surface area contributed by atoms with E-state index in [0.29, 0.717) is 10.9 Å². The summed E-state index contributed by atoms with van der Waals surface area (Å²) in [4.78, 5) is 12.9. The molecule has 1 aliphatic rings. The zero-order valence-corrected chi connectivity index (χ0v) is 11.0. The highest BCUT2D eigenvalue weighted by Crippen LogP contribution is 2.32. The minimum atomic E-state index is -0.367. The fourth-order valence-electron chi connectivity index (χ4n) is 2.37. The molecule has 18 heavy (non-hydrogen) atoms. The van der Waals surface area contributed by atoms with E-state index in [1.807, 2.05) is 17.7 Å². The minimum absolute atomic E-state index is 0.367. The Bertz CT molecular complexity index is 596. The number of rotatable bonds is 2. The van der Waals surface area contributed by atoms with E-state index in [2.05, 4.69) is 5.10 Å². The molecule has 3 heterocycles. The second-order valence-corrected chi connectivity index (χ2v) is 5.60. The third kappa shape index (κ3) is 1.81. The lowest BCUT2D eigenvalue weighted by atomic mass is 10.1. The molecular weight excluding hydrogens is 250 g/mol. The van der Waals surface area contributed by atoms with Crippen molar-refractivity contribution in [3.63, 3.8) is 0 Å². The summed E-state index contributed by atoms with van der Waals surface area (Å²) in [6, 6.07) is 2.22. The van der Waals surface area contributed by atoms with E-state index in [9.17, 15) is 4.79 Å². The third-order valence-corrected chi connectivity index (χ3v) is 4.49. The first kappa shape index (κ1) is 11.7. The number of hydrogen-bond acceptors (Lipinski definition) is 4. The fraction of sp³-hybridized carbons (Fsp3) is 0.500. The van der Waals surface area contributed by atoms with Crippen LogP contribution in [-0.2, 0) is 4.74 Å². The number of carbonyl (C=O) groups excluding carboxylic acids is 1. The molecule has 0 aliphatic carbocycles. The number of fused-ring (bicyclic) bond motifs is 1. The van der Waals surface area contributed by atoms with Crippen LogP contribution in [0.5, 0.6) is 0 Å². The molecule has 0 aromatic carbocycles. The van der Waals surface area contributed by atoms with E-state index in [-0.39, 0.29) is 5.91 Å². The van der Waals surface area contributed by atoms with Crippen LogP contribution in [-0.4, -0.2) is 28.9 Å². The Morgan fingerprint density at radius 1 is 1.56 bits per heavy atom. The third-order valence-electron chi connectivity index (χ3n) is 3.35. The molecule has 0 saturated carbocycles. The lowest BCUT2D eigenvalue weighted by molar-refractivity contribution is 0.0675. The van der Waals surface area contributed by atoms with Crippen LogP contribution in [0.2, 0.25) is 0 Å². The van der Waals surface area contributed by atoms with E-state index >= 15 is 0 Å². The average Bonchev–Trinajstić information content (AvgIpc) is 2.92. The van der Waals surface area contributed by atoms with Crippen LogP contribution in [0.25, 0.3) is 10.2 Å². The van der Waals surface area contributed by atoms with Gasteiger partial charge in [0, 0.05) is 18.6 Å². The molecule has 5 nitrogen and oxygen atoms in total. The molecule has 0 atom stereocenters. The standard InChI is InChI=1S/C12H15N3O2S/c1-7-9-6-10(11(13)16)18-12(9)15(14-7)8-2-4-17-5-3-8/h6,8H,2-5H2,1H3,(H2,13,16). The molecule has 1 amide bonds. The molecule has 2 aromatic heterocycles. The SMILES string of the molecule is Cc1nn(C2CCOCC2)c2sc(C(N)=O)cc12. The summed E-state index contributed by atoms with van der Waals surface area (Å²) in [5.41, 5.74) is 6.30. The maximum Gasteiger partial charge on any atom is 0.258 e. The molecule has 2 aromatic rings. The van der Waals surface area contributed by atoms with Gasteiger partial charge in [-0.2, -0.15) is 5.10 Å². The number of thiophene rings is 1. The number of carbonyl (C=O) groups is 1.